The highest BCUT2D eigenvalue weighted by molar-refractivity contribution is 5.94. The summed E-state index contributed by atoms with van der Waals surface area (Å²) in [6, 6.07) is 6.21. The average molecular weight is 259 g/mol. The number of rotatable bonds is 4. The normalized spacial score (nSPS) is 14.6. The maximum Gasteiger partial charge on any atom is 0.231 e. The predicted molar refractivity (Wildman–Crippen MR) is 74.6 cm³/mol. The number of pyridine rings is 1. The Hall–Kier alpha value is -2.01. The average Bonchev–Trinajstić information content (AvgIpc) is 2.84. The number of nitrogens with one attached hydrogen (secondary N) is 1. The highest BCUT2D eigenvalue weighted by Crippen LogP contribution is 2.37. The number of ether oxygens (including phenoxy) is 2. The van der Waals surface area contributed by atoms with Crippen molar-refractivity contribution in [2.24, 2.45) is 5.73 Å². The summed E-state index contributed by atoms with van der Waals surface area (Å²) < 4.78 is 10.8. The van der Waals surface area contributed by atoms with Crippen LogP contribution in [0.1, 0.15) is 13.3 Å². The van der Waals surface area contributed by atoms with E-state index in [1.54, 1.807) is 6.20 Å². The Morgan fingerprint density at radius 3 is 2.95 bits per heavy atom. The second kappa shape index (κ2) is 4.93. The van der Waals surface area contributed by atoms with Gasteiger partial charge in [-0.3, -0.25) is 0 Å². The van der Waals surface area contributed by atoms with E-state index in [-0.39, 0.29) is 12.8 Å². The van der Waals surface area contributed by atoms with Gasteiger partial charge in [-0.05, 0) is 43.5 Å². The van der Waals surface area contributed by atoms with Gasteiger partial charge in [-0.2, -0.15) is 0 Å². The molecule has 0 saturated heterocycles. The minimum absolute atomic E-state index is 0.283. The van der Waals surface area contributed by atoms with E-state index in [0.717, 1.165) is 34.5 Å². The third kappa shape index (κ3) is 2.29. The standard InChI is InChI=1S/C14H17N3O2/c1-9(2-4-15)17-14-11-7-13-12(18-8-19-13)6-10(11)3-5-16-14/h3,5-7,9H,2,4,8,15H2,1H3,(H,16,17). The molecule has 1 aliphatic heterocycles. The van der Waals surface area contributed by atoms with Gasteiger partial charge in [0, 0.05) is 17.6 Å². The SMILES string of the molecule is CC(CCN)Nc1nccc2cc3c(cc12)OCO3. The van der Waals surface area contributed by atoms with Gasteiger partial charge in [0.1, 0.15) is 5.82 Å². The monoisotopic (exact) mass is 259 g/mol. The number of hydrogen-bond acceptors (Lipinski definition) is 5. The third-order valence-corrected chi connectivity index (χ3v) is 3.24. The lowest BCUT2D eigenvalue weighted by Crippen LogP contribution is -2.20. The summed E-state index contributed by atoms with van der Waals surface area (Å²) in [6.07, 6.45) is 2.70. The van der Waals surface area contributed by atoms with E-state index in [0.29, 0.717) is 6.54 Å². The van der Waals surface area contributed by atoms with Gasteiger partial charge in [0.05, 0.1) is 0 Å². The lowest BCUT2D eigenvalue weighted by atomic mass is 10.1. The Balaban J connectivity index is 2.00. The molecule has 5 heteroatoms. The van der Waals surface area contributed by atoms with Crippen molar-refractivity contribution < 1.29 is 9.47 Å². The summed E-state index contributed by atoms with van der Waals surface area (Å²) in [6.45, 7) is 3.04. The number of anilines is 1. The van der Waals surface area contributed by atoms with Gasteiger partial charge in [-0.1, -0.05) is 0 Å². The first-order valence-corrected chi connectivity index (χ1v) is 6.43. The molecule has 0 spiro atoms. The summed E-state index contributed by atoms with van der Waals surface area (Å²) in [5, 5.41) is 5.51. The molecule has 0 aliphatic carbocycles. The first-order valence-electron chi connectivity index (χ1n) is 6.43. The zero-order valence-electron chi connectivity index (χ0n) is 10.8. The first kappa shape index (κ1) is 12.0. The van der Waals surface area contributed by atoms with Crippen LogP contribution in [0, 0.1) is 0 Å². The molecule has 100 valence electrons. The van der Waals surface area contributed by atoms with E-state index in [2.05, 4.69) is 17.2 Å². The third-order valence-electron chi connectivity index (χ3n) is 3.24. The van der Waals surface area contributed by atoms with Crippen LogP contribution in [-0.4, -0.2) is 24.4 Å². The number of fused-ring (bicyclic) bond motifs is 2. The molecule has 5 nitrogen and oxygen atoms in total. The number of nitrogens with zero attached hydrogens (tertiary/aromatic N) is 1. The second-order valence-electron chi connectivity index (χ2n) is 4.71. The second-order valence-corrected chi connectivity index (χ2v) is 4.71. The van der Waals surface area contributed by atoms with Crippen molar-refractivity contribution in [1.82, 2.24) is 4.98 Å². The Morgan fingerprint density at radius 2 is 2.16 bits per heavy atom. The summed E-state index contributed by atoms with van der Waals surface area (Å²) in [5.41, 5.74) is 5.57. The van der Waals surface area contributed by atoms with Crippen molar-refractivity contribution in [2.45, 2.75) is 19.4 Å². The van der Waals surface area contributed by atoms with Crippen LogP contribution in [0.3, 0.4) is 0 Å². The van der Waals surface area contributed by atoms with E-state index in [9.17, 15) is 0 Å². The molecule has 1 atom stereocenters. The molecule has 0 radical (unpaired) electrons. The van der Waals surface area contributed by atoms with Crippen molar-refractivity contribution in [2.75, 3.05) is 18.7 Å². The van der Waals surface area contributed by atoms with Crippen LogP contribution in [-0.2, 0) is 0 Å². The zero-order valence-corrected chi connectivity index (χ0v) is 10.8. The smallest absolute Gasteiger partial charge is 0.231 e. The highest BCUT2D eigenvalue weighted by Gasteiger charge is 2.16. The number of benzene rings is 1. The van der Waals surface area contributed by atoms with E-state index in [1.807, 2.05) is 18.2 Å². The van der Waals surface area contributed by atoms with Gasteiger partial charge in [0.2, 0.25) is 6.79 Å². The summed E-state index contributed by atoms with van der Waals surface area (Å²) in [5.74, 6) is 2.42. The molecule has 2 heterocycles. The minimum atomic E-state index is 0.283. The number of aromatic nitrogens is 1. The molecule has 3 N–H and O–H groups in total. The minimum Gasteiger partial charge on any atom is -0.454 e. The summed E-state index contributed by atoms with van der Waals surface area (Å²) in [4.78, 5) is 4.41. The van der Waals surface area contributed by atoms with Gasteiger partial charge >= 0.3 is 0 Å². The van der Waals surface area contributed by atoms with Crippen molar-refractivity contribution in [3.63, 3.8) is 0 Å². The largest absolute Gasteiger partial charge is 0.454 e. The predicted octanol–water partition coefficient (Wildman–Crippen LogP) is 2.11. The number of hydrogen-bond donors (Lipinski definition) is 2. The lowest BCUT2D eigenvalue weighted by Gasteiger charge is -2.15. The van der Waals surface area contributed by atoms with Crippen LogP contribution < -0.4 is 20.5 Å². The molecule has 1 aromatic heterocycles. The zero-order chi connectivity index (χ0) is 13.2. The van der Waals surface area contributed by atoms with Crippen LogP contribution >= 0.6 is 0 Å². The van der Waals surface area contributed by atoms with Crippen LogP contribution in [0.15, 0.2) is 24.4 Å². The Bertz CT molecular complexity index is 601. The van der Waals surface area contributed by atoms with Gasteiger partial charge in [0.25, 0.3) is 0 Å². The number of nitrogens with two attached hydrogens (primary N) is 1. The lowest BCUT2D eigenvalue weighted by molar-refractivity contribution is 0.174. The van der Waals surface area contributed by atoms with Gasteiger partial charge in [0.15, 0.2) is 11.5 Å². The molecular weight excluding hydrogens is 242 g/mol. The fourth-order valence-corrected chi connectivity index (χ4v) is 2.23. The molecule has 3 rings (SSSR count). The van der Waals surface area contributed by atoms with Gasteiger partial charge in [-0.15, -0.1) is 0 Å². The van der Waals surface area contributed by atoms with Crippen molar-refractivity contribution in [3.8, 4) is 11.5 Å². The quantitative estimate of drug-likeness (QED) is 0.880. The summed E-state index contributed by atoms with van der Waals surface area (Å²) in [7, 11) is 0. The van der Waals surface area contributed by atoms with E-state index in [1.165, 1.54) is 0 Å². The first-order chi connectivity index (χ1) is 9.28. The van der Waals surface area contributed by atoms with Crippen LogP contribution in [0.2, 0.25) is 0 Å². The van der Waals surface area contributed by atoms with Gasteiger partial charge in [-0.25, -0.2) is 4.98 Å². The van der Waals surface area contributed by atoms with Crippen molar-refractivity contribution >= 4 is 16.6 Å². The fraction of sp³-hybridized carbons (Fsp3) is 0.357. The Kier molecular flexibility index (Phi) is 3.13. The van der Waals surface area contributed by atoms with Crippen molar-refractivity contribution in [3.05, 3.63) is 24.4 Å². The molecule has 0 saturated carbocycles. The van der Waals surface area contributed by atoms with E-state index in [4.69, 9.17) is 15.2 Å². The maximum atomic E-state index is 5.57. The molecule has 0 fully saturated rings. The molecule has 19 heavy (non-hydrogen) atoms. The molecule has 1 aromatic carbocycles. The highest BCUT2D eigenvalue weighted by atomic mass is 16.7. The maximum absolute atomic E-state index is 5.57. The molecule has 1 unspecified atom stereocenters. The van der Waals surface area contributed by atoms with E-state index >= 15 is 0 Å². The molecule has 2 aromatic rings. The molecule has 1 aliphatic rings. The fourth-order valence-electron chi connectivity index (χ4n) is 2.23. The topological polar surface area (TPSA) is 69.4 Å². The van der Waals surface area contributed by atoms with Crippen LogP contribution in [0.25, 0.3) is 10.8 Å². The Morgan fingerprint density at radius 1 is 1.37 bits per heavy atom. The molecule has 0 bridgehead atoms. The van der Waals surface area contributed by atoms with Crippen LogP contribution in [0.4, 0.5) is 5.82 Å². The molecule has 0 amide bonds. The van der Waals surface area contributed by atoms with Gasteiger partial charge < -0.3 is 20.5 Å². The van der Waals surface area contributed by atoms with Crippen LogP contribution in [0.5, 0.6) is 11.5 Å². The molecular formula is C14H17N3O2. The van der Waals surface area contributed by atoms with Crippen molar-refractivity contribution in [1.29, 1.82) is 0 Å². The van der Waals surface area contributed by atoms with E-state index < -0.39 is 0 Å². The summed E-state index contributed by atoms with van der Waals surface area (Å²) >= 11 is 0. The Labute approximate surface area is 111 Å².